The van der Waals surface area contributed by atoms with Crippen molar-refractivity contribution in [3.63, 3.8) is 0 Å². The molecule has 0 aliphatic rings. The van der Waals surface area contributed by atoms with Gasteiger partial charge in [-0.05, 0) is 57.0 Å². The predicted octanol–water partition coefficient (Wildman–Crippen LogP) is 4.09. The van der Waals surface area contributed by atoms with E-state index >= 15 is 0 Å². The van der Waals surface area contributed by atoms with Crippen molar-refractivity contribution < 1.29 is 4.74 Å². The minimum Gasteiger partial charge on any atom is -0.379 e. The van der Waals surface area contributed by atoms with Gasteiger partial charge in [-0.25, -0.2) is 0 Å². The van der Waals surface area contributed by atoms with E-state index in [2.05, 4.69) is 55.3 Å². The molecule has 1 aromatic carbocycles. The Balaban J connectivity index is 2.28. The molecule has 3 nitrogen and oxygen atoms in total. The van der Waals surface area contributed by atoms with Gasteiger partial charge in [0.1, 0.15) is 0 Å². The van der Waals surface area contributed by atoms with E-state index in [0.29, 0.717) is 6.04 Å². The fourth-order valence-electron chi connectivity index (χ4n) is 2.51. The van der Waals surface area contributed by atoms with Gasteiger partial charge < -0.3 is 10.1 Å². The highest BCUT2D eigenvalue weighted by molar-refractivity contribution is 5.79. The standard InChI is InChI=1S/C18H26N2O/c1-5-10-19-17(13-18(2,3)21-4)15-8-9-16-14(12-15)7-6-11-20-16/h6-9,11-12,17,19H,5,10,13H2,1-4H3. The number of hydrogen-bond acceptors (Lipinski definition) is 3. The van der Waals surface area contributed by atoms with Crippen molar-refractivity contribution in [2.75, 3.05) is 13.7 Å². The predicted molar refractivity (Wildman–Crippen MR) is 88.5 cm³/mol. The van der Waals surface area contributed by atoms with Crippen molar-refractivity contribution >= 4 is 10.9 Å². The molecule has 0 aliphatic carbocycles. The average molecular weight is 286 g/mol. The molecule has 0 saturated heterocycles. The number of nitrogens with one attached hydrogen (secondary N) is 1. The zero-order valence-electron chi connectivity index (χ0n) is 13.5. The molecule has 0 saturated carbocycles. The topological polar surface area (TPSA) is 34.1 Å². The molecule has 1 N–H and O–H groups in total. The summed E-state index contributed by atoms with van der Waals surface area (Å²) in [5.41, 5.74) is 2.20. The van der Waals surface area contributed by atoms with E-state index in [1.165, 1.54) is 10.9 Å². The fraction of sp³-hybridized carbons (Fsp3) is 0.500. The Hall–Kier alpha value is -1.45. The summed E-state index contributed by atoms with van der Waals surface area (Å²) in [6, 6.07) is 10.9. The number of benzene rings is 1. The minimum absolute atomic E-state index is 0.144. The monoisotopic (exact) mass is 286 g/mol. The van der Waals surface area contributed by atoms with Crippen LogP contribution in [0.2, 0.25) is 0 Å². The lowest BCUT2D eigenvalue weighted by molar-refractivity contribution is 0.00686. The smallest absolute Gasteiger partial charge is 0.0702 e. The first-order valence-corrected chi connectivity index (χ1v) is 7.69. The highest BCUT2D eigenvalue weighted by Gasteiger charge is 2.23. The van der Waals surface area contributed by atoms with Gasteiger partial charge in [-0.3, -0.25) is 4.98 Å². The van der Waals surface area contributed by atoms with E-state index in [1.54, 1.807) is 7.11 Å². The molecule has 114 valence electrons. The molecule has 1 unspecified atom stereocenters. The summed E-state index contributed by atoms with van der Waals surface area (Å²) in [7, 11) is 1.78. The van der Waals surface area contributed by atoms with Gasteiger partial charge in [-0.1, -0.05) is 19.1 Å². The second-order valence-electron chi connectivity index (χ2n) is 6.13. The molecule has 0 spiro atoms. The molecule has 0 amide bonds. The third-order valence-corrected chi connectivity index (χ3v) is 3.92. The van der Waals surface area contributed by atoms with Crippen molar-refractivity contribution in [1.82, 2.24) is 10.3 Å². The van der Waals surface area contributed by atoms with Crippen LogP contribution in [-0.4, -0.2) is 24.2 Å². The maximum Gasteiger partial charge on any atom is 0.0702 e. The molecule has 1 atom stereocenters. The molecular weight excluding hydrogens is 260 g/mol. The summed E-state index contributed by atoms with van der Waals surface area (Å²) in [6.07, 6.45) is 3.90. The second kappa shape index (κ2) is 7.01. The number of rotatable bonds is 7. The summed E-state index contributed by atoms with van der Waals surface area (Å²) in [5.74, 6) is 0. The van der Waals surface area contributed by atoms with Gasteiger partial charge in [-0.2, -0.15) is 0 Å². The summed E-state index contributed by atoms with van der Waals surface area (Å²) in [6.45, 7) is 7.47. The van der Waals surface area contributed by atoms with Crippen molar-refractivity contribution in [2.45, 2.75) is 45.3 Å². The Kier molecular flexibility index (Phi) is 5.32. The number of nitrogens with zero attached hydrogens (tertiary/aromatic N) is 1. The Morgan fingerprint density at radius 1 is 1.29 bits per heavy atom. The first-order valence-electron chi connectivity index (χ1n) is 7.69. The minimum atomic E-state index is -0.144. The van der Waals surface area contributed by atoms with Crippen LogP contribution in [0.25, 0.3) is 10.9 Å². The molecule has 21 heavy (non-hydrogen) atoms. The zero-order valence-corrected chi connectivity index (χ0v) is 13.5. The van der Waals surface area contributed by atoms with Crippen molar-refractivity contribution in [2.24, 2.45) is 0 Å². The van der Waals surface area contributed by atoms with Gasteiger partial charge in [0.05, 0.1) is 11.1 Å². The van der Waals surface area contributed by atoms with Crippen LogP contribution in [-0.2, 0) is 4.74 Å². The highest BCUT2D eigenvalue weighted by atomic mass is 16.5. The third-order valence-electron chi connectivity index (χ3n) is 3.92. The zero-order chi connectivity index (χ0) is 15.3. The van der Waals surface area contributed by atoms with E-state index in [4.69, 9.17) is 4.74 Å². The van der Waals surface area contributed by atoms with Gasteiger partial charge in [0.25, 0.3) is 0 Å². The molecule has 0 fully saturated rings. The van der Waals surface area contributed by atoms with E-state index in [-0.39, 0.29) is 5.60 Å². The van der Waals surface area contributed by atoms with Gasteiger partial charge >= 0.3 is 0 Å². The molecule has 0 bridgehead atoms. The Morgan fingerprint density at radius 3 is 2.81 bits per heavy atom. The SMILES string of the molecule is CCCNC(CC(C)(C)OC)c1ccc2ncccc2c1. The molecule has 0 radical (unpaired) electrons. The molecule has 0 aliphatic heterocycles. The number of fused-ring (bicyclic) bond motifs is 1. The number of ether oxygens (including phenoxy) is 1. The van der Waals surface area contributed by atoms with Gasteiger partial charge in [-0.15, -0.1) is 0 Å². The lowest BCUT2D eigenvalue weighted by atomic mass is 9.92. The number of hydrogen-bond donors (Lipinski definition) is 1. The third kappa shape index (κ3) is 4.26. The van der Waals surface area contributed by atoms with Crippen LogP contribution < -0.4 is 5.32 Å². The van der Waals surface area contributed by atoms with Crippen LogP contribution in [0, 0.1) is 0 Å². The maximum atomic E-state index is 5.60. The Labute approximate surface area is 127 Å². The van der Waals surface area contributed by atoms with Gasteiger partial charge in [0, 0.05) is 24.7 Å². The van der Waals surface area contributed by atoms with Crippen molar-refractivity contribution in [3.05, 3.63) is 42.1 Å². The van der Waals surface area contributed by atoms with Crippen molar-refractivity contribution in [1.29, 1.82) is 0 Å². The van der Waals surface area contributed by atoms with E-state index in [9.17, 15) is 0 Å². The Morgan fingerprint density at radius 2 is 2.10 bits per heavy atom. The molecular formula is C18H26N2O. The maximum absolute atomic E-state index is 5.60. The lowest BCUT2D eigenvalue weighted by Gasteiger charge is -2.29. The summed E-state index contributed by atoms with van der Waals surface area (Å²) in [5, 5.41) is 4.83. The number of methoxy groups -OCH3 is 1. The molecule has 3 heteroatoms. The summed E-state index contributed by atoms with van der Waals surface area (Å²) >= 11 is 0. The van der Waals surface area contributed by atoms with E-state index in [1.807, 2.05) is 12.3 Å². The first-order chi connectivity index (χ1) is 10.1. The fourth-order valence-corrected chi connectivity index (χ4v) is 2.51. The molecule has 1 heterocycles. The highest BCUT2D eigenvalue weighted by Crippen LogP contribution is 2.27. The van der Waals surface area contributed by atoms with Crippen LogP contribution in [0.3, 0.4) is 0 Å². The average Bonchev–Trinajstić information content (AvgIpc) is 2.51. The molecule has 2 rings (SSSR count). The summed E-state index contributed by atoms with van der Waals surface area (Å²) < 4.78 is 5.60. The van der Waals surface area contributed by atoms with Gasteiger partial charge in [0.15, 0.2) is 0 Å². The van der Waals surface area contributed by atoms with Crippen molar-refractivity contribution in [3.8, 4) is 0 Å². The summed E-state index contributed by atoms with van der Waals surface area (Å²) in [4.78, 5) is 4.39. The first kappa shape index (κ1) is 15.9. The Bertz CT molecular complexity index is 580. The van der Waals surface area contributed by atoms with Crippen LogP contribution in [0.1, 0.15) is 45.2 Å². The van der Waals surface area contributed by atoms with Crippen LogP contribution in [0.15, 0.2) is 36.5 Å². The van der Waals surface area contributed by atoms with E-state index in [0.717, 1.165) is 24.9 Å². The van der Waals surface area contributed by atoms with Gasteiger partial charge in [0.2, 0.25) is 0 Å². The largest absolute Gasteiger partial charge is 0.379 e. The second-order valence-corrected chi connectivity index (χ2v) is 6.13. The normalized spacial score (nSPS) is 13.5. The lowest BCUT2D eigenvalue weighted by Crippen LogP contribution is -2.32. The number of pyridine rings is 1. The number of aromatic nitrogens is 1. The van der Waals surface area contributed by atoms with Crippen LogP contribution in [0.4, 0.5) is 0 Å². The van der Waals surface area contributed by atoms with Crippen LogP contribution >= 0.6 is 0 Å². The quantitative estimate of drug-likeness (QED) is 0.832. The molecule has 1 aromatic heterocycles. The molecule has 2 aromatic rings. The van der Waals surface area contributed by atoms with E-state index < -0.39 is 0 Å². The van der Waals surface area contributed by atoms with Crippen LogP contribution in [0.5, 0.6) is 0 Å².